The number of aromatic amines is 1. The third-order valence-corrected chi connectivity index (χ3v) is 5.10. The number of nitrogens with one attached hydrogen (secondary N) is 2. The zero-order chi connectivity index (χ0) is 15.6. The summed E-state index contributed by atoms with van der Waals surface area (Å²) in [6.45, 7) is 0. The van der Waals surface area contributed by atoms with E-state index in [1.807, 2.05) is 0 Å². The molecule has 7 nitrogen and oxygen atoms in total. The molecule has 1 aliphatic rings. The Morgan fingerprint density at radius 1 is 1.14 bits per heavy atom. The number of hydrogen-bond donors (Lipinski definition) is 2. The van der Waals surface area contributed by atoms with Gasteiger partial charge in [0.25, 0.3) is 15.6 Å². The number of sulfonamides is 1. The summed E-state index contributed by atoms with van der Waals surface area (Å²) in [5, 5.41) is 5.96. The average Bonchev–Trinajstić information content (AvgIpc) is 2.99. The van der Waals surface area contributed by atoms with Gasteiger partial charge >= 0.3 is 0 Å². The van der Waals surface area contributed by atoms with Crippen LogP contribution in [0.15, 0.2) is 38.6 Å². The molecule has 0 unspecified atom stereocenters. The molecule has 0 radical (unpaired) electrons. The van der Waals surface area contributed by atoms with Crippen molar-refractivity contribution in [2.24, 2.45) is 0 Å². The van der Waals surface area contributed by atoms with E-state index in [0.29, 0.717) is 11.5 Å². The van der Waals surface area contributed by atoms with Crippen molar-refractivity contribution in [2.45, 2.75) is 43.2 Å². The second kappa shape index (κ2) is 6.05. The molecule has 0 saturated heterocycles. The largest absolute Gasteiger partial charge is 0.442 e. The smallest absolute Gasteiger partial charge is 0.274 e. The van der Waals surface area contributed by atoms with E-state index in [9.17, 15) is 13.2 Å². The summed E-state index contributed by atoms with van der Waals surface area (Å²) in [6, 6.07) is 5.67. The first kappa shape index (κ1) is 15.0. The molecule has 22 heavy (non-hydrogen) atoms. The predicted molar refractivity (Wildman–Crippen MR) is 79.8 cm³/mol. The lowest BCUT2D eigenvalue weighted by Gasteiger charge is -2.21. The minimum atomic E-state index is -3.67. The Balaban J connectivity index is 1.79. The molecular weight excluding hydrogens is 306 g/mol. The summed E-state index contributed by atoms with van der Waals surface area (Å²) < 4.78 is 32.7. The predicted octanol–water partition coefficient (Wildman–Crippen LogP) is 1.64. The van der Waals surface area contributed by atoms with Crippen LogP contribution in [-0.2, 0) is 10.0 Å². The molecule has 2 aromatic heterocycles. The molecule has 1 aliphatic carbocycles. The van der Waals surface area contributed by atoms with Crippen LogP contribution in [-0.4, -0.2) is 24.7 Å². The van der Waals surface area contributed by atoms with Crippen LogP contribution in [0.25, 0.3) is 11.5 Å². The second-order valence-corrected chi connectivity index (χ2v) is 7.03. The molecule has 2 N–H and O–H groups in total. The second-order valence-electron chi connectivity index (χ2n) is 5.38. The van der Waals surface area contributed by atoms with Gasteiger partial charge in [-0.25, -0.2) is 18.2 Å². The van der Waals surface area contributed by atoms with Gasteiger partial charge < -0.3 is 4.42 Å². The molecule has 0 aromatic carbocycles. The number of hydrogen-bond acceptors (Lipinski definition) is 5. The van der Waals surface area contributed by atoms with Crippen LogP contribution in [0.5, 0.6) is 0 Å². The van der Waals surface area contributed by atoms with Crippen LogP contribution >= 0.6 is 0 Å². The van der Waals surface area contributed by atoms with Crippen LogP contribution in [0.3, 0.4) is 0 Å². The molecule has 0 bridgehead atoms. The zero-order valence-electron chi connectivity index (χ0n) is 11.9. The van der Waals surface area contributed by atoms with Crippen molar-refractivity contribution in [2.75, 3.05) is 0 Å². The fraction of sp³-hybridized carbons (Fsp3) is 0.429. The van der Waals surface area contributed by atoms with Crippen LogP contribution in [0, 0.1) is 0 Å². The Bertz CT molecular complexity index is 783. The molecule has 3 rings (SSSR count). The topological polar surface area (TPSA) is 105 Å². The van der Waals surface area contributed by atoms with E-state index in [1.165, 1.54) is 24.3 Å². The third-order valence-electron chi connectivity index (χ3n) is 3.70. The van der Waals surface area contributed by atoms with E-state index in [4.69, 9.17) is 4.42 Å². The first-order valence-electron chi connectivity index (χ1n) is 7.23. The first-order chi connectivity index (χ1) is 10.5. The molecule has 1 saturated carbocycles. The zero-order valence-corrected chi connectivity index (χ0v) is 12.7. The molecular formula is C14H17N3O4S. The van der Waals surface area contributed by atoms with Gasteiger partial charge in [-0.15, -0.1) is 0 Å². The van der Waals surface area contributed by atoms with Crippen LogP contribution in [0.2, 0.25) is 0 Å². The third kappa shape index (κ3) is 3.28. The molecule has 118 valence electrons. The monoisotopic (exact) mass is 323 g/mol. The average molecular weight is 323 g/mol. The van der Waals surface area contributed by atoms with E-state index in [-0.39, 0.29) is 16.7 Å². The Morgan fingerprint density at radius 2 is 1.91 bits per heavy atom. The van der Waals surface area contributed by atoms with Gasteiger partial charge in [0.1, 0.15) is 5.69 Å². The lowest BCUT2D eigenvalue weighted by atomic mass is 9.96. The van der Waals surface area contributed by atoms with Gasteiger partial charge in [0, 0.05) is 12.1 Å². The van der Waals surface area contributed by atoms with Crippen molar-refractivity contribution in [3.05, 3.63) is 34.6 Å². The van der Waals surface area contributed by atoms with Crippen molar-refractivity contribution in [3.8, 4) is 11.5 Å². The molecule has 1 fully saturated rings. The summed E-state index contributed by atoms with van der Waals surface area (Å²) in [5.74, 6) is 0.292. The van der Waals surface area contributed by atoms with Crippen molar-refractivity contribution >= 4 is 10.0 Å². The highest BCUT2D eigenvalue weighted by atomic mass is 32.2. The van der Waals surface area contributed by atoms with E-state index < -0.39 is 10.0 Å². The normalized spacial score (nSPS) is 16.7. The van der Waals surface area contributed by atoms with Crippen molar-refractivity contribution < 1.29 is 12.8 Å². The van der Waals surface area contributed by atoms with E-state index >= 15 is 0 Å². The van der Waals surface area contributed by atoms with E-state index in [0.717, 1.165) is 32.1 Å². The highest BCUT2D eigenvalue weighted by molar-refractivity contribution is 7.89. The quantitative estimate of drug-likeness (QED) is 0.890. The molecule has 2 aromatic rings. The van der Waals surface area contributed by atoms with Gasteiger partial charge in [0.05, 0.1) is 0 Å². The fourth-order valence-corrected chi connectivity index (χ4v) is 3.82. The summed E-state index contributed by atoms with van der Waals surface area (Å²) in [7, 11) is -3.67. The molecule has 0 amide bonds. The molecule has 2 heterocycles. The Kier molecular flexibility index (Phi) is 4.12. The van der Waals surface area contributed by atoms with Gasteiger partial charge in [0.15, 0.2) is 5.76 Å². The molecule has 8 heteroatoms. The maximum atomic E-state index is 12.3. The van der Waals surface area contributed by atoms with Gasteiger partial charge in [-0.2, -0.15) is 5.10 Å². The van der Waals surface area contributed by atoms with Gasteiger partial charge in [0.2, 0.25) is 5.09 Å². The number of furan rings is 1. The highest BCUT2D eigenvalue weighted by Gasteiger charge is 2.24. The molecule has 0 atom stereocenters. The molecule has 0 spiro atoms. The van der Waals surface area contributed by atoms with E-state index in [2.05, 4.69) is 14.9 Å². The molecule has 0 aliphatic heterocycles. The van der Waals surface area contributed by atoms with Crippen LogP contribution in [0.1, 0.15) is 32.1 Å². The van der Waals surface area contributed by atoms with Crippen molar-refractivity contribution in [3.63, 3.8) is 0 Å². The lowest BCUT2D eigenvalue weighted by Crippen LogP contribution is -2.35. The minimum Gasteiger partial charge on any atom is -0.442 e. The number of nitrogens with zero attached hydrogens (tertiary/aromatic N) is 1. The minimum absolute atomic E-state index is 0.0292. The lowest BCUT2D eigenvalue weighted by molar-refractivity contribution is 0.401. The fourth-order valence-electron chi connectivity index (χ4n) is 2.58. The van der Waals surface area contributed by atoms with Gasteiger partial charge in [-0.3, -0.25) is 4.79 Å². The maximum absolute atomic E-state index is 12.3. The van der Waals surface area contributed by atoms with Crippen molar-refractivity contribution in [1.29, 1.82) is 0 Å². The number of rotatable bonds is 4. The standard InChI is InChI=1S/C14H17N3O4S/c18-13-8-6-11(15-16-13)12-7-9-14(21-12)22(19,20)17-10-4-2-1-3-5-10/h6-10,17H,1-5H2,(H,16,18). The Labute approximate surface area is 127 Å². The van der Waals surface area contributed by atoms with Crippen LogP contribution in [0.4, 0.5) is 0 Å². The number of H-pyrrole nitrogens is 1. The van der Waals surface area contributed by atoms with Gasteiger partial charge in [-0.1, -0.05) is 19.3 Å². The summed E-state index contributed by atoms with van der Waals surface area (Å²) in [6.07, 6.45) is 4.94. The Hall–Kier alpha value is -1.93. The first-order valence-corrected chi connectivity index (χ1v) is 8.71. The van der Waals surface area contributed by atoms with Gasteiger partial charge in [-0.05, 0) is 31.0 Å². The summed E-state index contributed by atoms with van der Waals surface area (Å²) in [4.78, 5) is 11.0. The van der Waals surface area contributed by atoms with Crippen LogP contribution < -0.4 is 10.3 Å². The van der Waals surface area contributed by atoms with Crippen molar-refractivity contribution in [1.82, 2.24) is 14.9 Å². The maximum Gasteiger partial charge on any atom is 0.274 e. The summed E-state index contributed by atoms with van der Waals surface area (Å²) >= 11 is 0. The summed E-state index contributed by atoms with van der Waals surface area (Å²) in [5.41, 5.74) is 0.0424. The SMILES string of the molecule is O=c1ccc(-c2ccc(S(=O)(=O)NC3CCCCC3)o2)n[nH]1. The highest BCUT2D eigenvalue weighted by Crippen LogP contribution is 2.24. The van der Waals surface area contributed by atoms with E-state index in [1.54, 1.807) is 0 Å². The number of aromatic nitrogens is 2. The Morgan fingerprint density at radius 3 is 2.59 bits per heavy atom.